The number of carbonyl (C=O) groups excluding carboxylic acids is 1. The van der Waals surface area contributed by atoms with Gasteiger partial charge in [-0.2, -0.15) is 0 Å². The minimum absolute atomic E-state index is 0.0328. The summed E-state index contributed by atoms with van der Waals surface area (Å²) < 4.78 is 5.78. The van der Waals surface area contributed by atoms with E-state index in [0.717, 1.165) is 5.56 Å². The predicted molar refractivity (Wildman–Crippen MR) is 98.3 cm³/mol. The normalized spacial score (nSPS) is 10.2. The van der Waals surface area contributed by atoms with Crippen molar-refractivity contribution in [3.63, 3.8) is 0 Å². The van der Waals surface area contributed by atoms with Crippen molar-refractivity contribution in [1.29, 1.82) is 0 Å². The first-order valence-corrected chi connectivity index (χ1v) is 7.95. The van der Waals surface area contributed by atoms with E-state index in [0.29, 0.717) is 23.6 Å². The number of carbonyl (C=O) groups is 1. The lowest BCUT2D eigenvalue weighted by molar-refractivity contribution is -0.384. The number of nitrogens with one attached hydrogen (secondary N) is 1. The molecule has 6 heteroatoms. The maximum absolute atomic E-state index is 12.5. The van der Waals surface area contributed by atoms with Crippen LogP contribution < -0.4 is 10.1 Å². The van der Waals surface area contributed by atoms with Crippen molar-refractivity contribution in [2.45, 2.75) is 6.61 Å². The molecular weight excluding hydrogens is 332 g/mol. The van der Waals surface area contributed by atoms with E-state index in [1.54, 1.807) is 24.3 Å². The molecule has 0 fully saturated rings. The van der Waals surface area contributed by atoms with Crippen LogP contribution in [0.1, 0.15) is 15.9 Å². The molecule has 0 unspecified atom stereocenters. The molecular formula is C20H16N2O4. The number of hydrogen-bond acceptors (Lipinski definition) is 4. The molecule has 3 rings (SSSR count). The second-order valence-electron chi connectivity index (χ2n) is 5.53. The number of para-hydroxylation sites is 1. The van der Waals surface area contributed by atoms with E-state index < -0.39 is 4.92 Å². The Balaban J connectivity index is 1.72. The lowest BCUT2D eigenvalue weighted by atomic mass is 10.1. The first-order valence-electron chi connectivity index (χ1n) is 7.95. The van der Waals surface area contributed by atoms with Crippen LogP contribution in [-0.2, 0) is 6.61 Å². The van der Waals surface area contributed by atoms with Gasteiger partial charge in [0, 0.05) is 17.8 Å². The maximum Gasteiger partial charge on any atom is 0.269 e. The molecule has 3 aromatic rings. The summed E-state index contributed by atoms with van der Waals surface area (Å²) in [5.74, 6) is 0.123. The van der Waals surface area contributed by atoms with Crippen LogP contribution in [-0.4, -0.2) is 10.8 Å². The van der Waals surface area contributed by atoms with E-state index in [9.17, 15) is 14.9 Å². The van der Waals surface area contributed by atoms with Crippen molar-refractivity contribution >= 4 is 17.3 Å². The van der Waals surface area contributed by atoms with Crippen molar-refractivity contribution in [2.75, 3.05) is 5.32 Å². The first kappa shape index (κ1) is 17.2. The Morgan fingerprint density at radius 1 is 0.923 bits per heavy atom. The maximum atomic E-state index is 12.5. The molecule has 6 nitrogen and oxygen atoms in total. The fraction of sp³-hybridized carbons (Fsp3) is 0.0500. The highest BCUT2D eigenvalue weighted by molar-refractivity contribution is 6.06. The topological polar surface area (TPSA) is 81.5 Å². The number of nitro benzene ring substituents is 1. The Kier molecular flexibility index (Phi) is 5.24. The van der Waals surface area contributed by atoms with Gasteiger partial charge in [-0.3, -0.25) is 14.9 Å². The second-order valence-corrected chi connectivity index (χ2v) is 5.53. The largest absolute Gasteiger partial charge is 0.488 e. The number of hydrogen-bond donors (Lipinski definition) is 1. The summed E-state index contributed by atoms with van der Waals surface area (Å²) in [5, 5.41) is 13.4. The van der Waals surface area contributed by atoms with Gasteiger partial charge in [-0.05, 0) is 29.8 Å². The molecule has 26 heavy (non-hydrogen) atoms. The van der Waals surface area contributed by atoms with Gasteiger partial charge in [-0.1, -0.05) is 42.5 Å². The van der Waals surface area contributed by atoms with Gasteiger partial charge in [0.1, 0.15) is 12.4 Å². The number of non-ortho nitro benzene ring substituents is 1. The number of nitrogens with zero attached hydrogens (tertiary/aromatic N) is 1. The summed E-state index contributed by atoms with van der Waals surface area (Å²) in [6, 6.07) is 22.3. The van der Waals surface area contributed by atoms with Crippen molar-refractivity contribution < 1.29 is 14.5 Å². The third kappa shape index (κ3) is 4.24. The Hall–Kier alpha value is -3.67. The molecule has 0 aliphatic heterocycles. The van der Waals surface area contributed by atoms with Crippen molar-refractivity contribution in [2.24, 2.45) is 0 Å². The first-order chi connectivity index (χ1) is 12.6. The van der Waals surface area contributed by atoms with Crippen molar-refractivity contribution in [1.82, 2.24) is 0 Å². The van der Waals surface area contributed by atoms with E-state index in [2.05, 4.69) is 5.32 Å². The molecule has 0 atom stereocenters. The minimum atomic E-state index is -0.488. The van der Waals surface area contributed by atoms with E-state index in [1.807, 2.05) is 30.3 Å². The number of rotatable bonds is 6. The van der Waals surface area contributed by atoms with Crippen LogP contribution in [0, 0.1) is 10.1 Å². The highest BCUT2D eigenvalue weighted by Gasteiger charge is 2.13. The van der Waals surface area contributed by atoms with Gasteiger partial charge in [-0.15, -0.1) is 0 Å². The molecule has 0 radical (unpaired) electrons. The SMILES string of the molecule is O=C(Nc1ccc([N+](=O)[O-])cc1)c1ccccc1OCc1ccccc1. The van der Waals surface area contributed by atoms with E-state index >= 15 is 0 Å². The molecule has 3 aromatic carbocycles. The zero-order valence-corrected chi connectivity index (χ0v) is 13.8. The van der Waals surface area contributed by atoms with Crippen LogP contribution in [0.25, 0.3) is 0 Å². The van der Waals surface area contributed by atoms with E-state index in [-0.39, 0.29) is 11.6 Å². The zero-order chi connectivity index (χ0) is 18.4. The van der Waals surface area contributed by atoms with Crippen LogP contribution in [0.3, 0.4) is 0 Å². The van der Waals surface area contributed by atoms with Gasteiger partial charge in [-0.25, -0.2) is 0 Å². The monoisotopic (exact) mass is 348 g/mol. The number of anilines is 1. The predicted octanol–water partition coefficient (Wildman–Crippen LogP) is 4.43. The summed E-state index contributed by atoms with van der Waals surface area (Å²) in [4.78, 5) is 22.7. The molecule has 0 spiro atoms. The average Bonchev–Trinajstić information content (AvgIpc) is 2.68. The average molecular weight is 348 g/mol. The van der Waals surface area contributed by atoms with Crippen molar-refractivity contribution in [3.8, 4) is 5.75 Å². The molecule has 0 saturated carbocycles. The Labute approximate surface area is 150 Å². The number of amides is 1. The summed E-state index contributed by atoms with van der Waals surface area (Å²) in [6.45, 7) is 0.350. The molecule has 130 valence electrons. The van der Waals surface area contributed by atoms with Gasteiger partial charge in [0.2, 0.25) is 0 Å². The van der Waals surface area contributed by atoms with Crippen LogP contribution in [0.2, 0.25) is 0 Å². The molecule has 0 aromatic heterocycles. The second kappa shape index (κ2) is 7.94. The Morgan fingerprint density at radius 3 is 2.27 bits per heavy atom. The zero-order valence-electron chi connectivity index (χ0n) is 13.8. The Bertz CT molecular complexity index is 909. The minimum Gasteiger partial charge on any atom is -0.488 e. The Morgan fingerprint density at radius 2 is 1.58 bits per heavy atom. The van der Waals surface area contributed by atoms with Gasteiger partial charge >= 0.3 is 0 Å². The van der Waals surface area contributed by atoms with Gasteiger partial charge in [0.05, 0.1) is 10.5 Å². The fourth-order valence-electron chi connectivity index (χ4n) is 2.38. The molecule has 0 aliphatic rings. The highest BCUT2D eigenvalue weighted by atomic mass is 16.6. The van der Waals surface area contributed by atoms with E-state index in [1.165, 1.54) is 24.3 Å². The molecule has 0 saturated heterocycles. The molecule has 1 amide bonds. The van der Waals surface area contributed by atoms with Gasteiger partial charge in [0.15, 0.2) is 0 Å². The standard InChI is InChI=1S/C20H16N2O4/c23-20(21-16-10-12-17(13-11-16)22(24)25)18-8-4-5-9-19(18)26-14-15-6-2-1-3-7-15/h1-13H,14H2,(H,21,23). The number of ether oxygens (including phenoxy) is 1. The molecule has 0 aliphatic carbocycles. The van der Waals surface area contributed by atoms with E-state index in [4.69, 9.17) is 4.74 Å². The van der Waals surface area contributed by atoms with Gasteiger partial charge in [0.25, 0.3) is 11.6 Å². The van der Waals surface area contributed by atoms with Crippen LogP contribution in [0.15, 0.2) is 78.9 Å². The summed E-state index contributed by atoms with van der Waals surface area (Å²) >= 11 is 0. The van der Waals surface area contributed by atoms with Crippen LogP contribution >= 0.6 is 0 Å². The lowest BCUT2D eigenvalue weighted by Gasteiger charge is -2.12. The highest BCUT2D eigenvalue weighted by Crippen LogP contribution is 2.22. The third-order valence-corrected chi connectivity index (χ3v) is 3.70. The quantitative estimate of drug-likeness (QED) is 0.528. The fourth-order valence-corrected chi connectivity index (χ4v) is 2.38. The molecule has 0 heterocycles. The molecule has 0 bridgehead atoms. The summed E-state index contributed by atoms with van der Waals surface area (Å²) in [6.07, 6.45) is 0. The lowest BCUT2D eigenvalue weighted by Crippen LogP contribution is -2.13. The number of nitro groups is 1. The smallest absolute Gasteiger partial charge is 0.269 e. The summed E-state index contributed by atoms with van der Waals surface area (Å²) in [7, 11) is 0. The van der Waals surface area contributed by atoms with Crippen LogP contribution in [0.4, 0.5) is 11.4 Å². The third-order valence-electron chi connectivity index (χ3n) is 3.70. The van der Waals surface area contributed by atoms with Crippen molar-refractivity contribution in [3.05, 3.63) is 100 Å². The number of benzene rings is 3. The van der Waals surface area contributed by atoms with Crippen LogP contribution in [0.5, 0.6) is 5.75 Å². The van der Waals surface area contributed by atoms with Gasteiger partial charge < -0.3 is 10.1 Å². The molecule has 1 N–H and O–H groups in total. The summed E-state index contributed by atoms with van der Waals surface area (Å²) in [5.41, 5.74) is 1.83.